The van der Waals surface area contributed by atoms with E-state index in [-0.39, 0.29) is 36.2 Å². The number of carbonyl (C=O) groups excluding carboxylic acids is 2. The first-order valence-corrected chi connectivity index (χ1v) is 9.43. The van der Waals surface area contributed by atoms with Crippen LogP contribution in [-0.2, 0) is 19.1 Å². The molecule has 2 aliphatic rings. The fraction of sp³-hybridized carbons (Fsp3) is 0.889. The van der Waals surface area contributed by atoms with Crippen LogP contribution in [0.5, 0.6) is 0 Å². The van der Waals surface area contributed by atoms with Crippen molar-refractivity contribution in [2.45, 2.75) is 52.4 Å². The Bertz CT molecular complexity index is 319. The molecule has 0 aliphatic carbocycles. The van der Waals surface area contributed by atoms with E-state index in [4.69, 9.17) is 9.47 Å². The molecule has 2 heterocycles. The third-order valence-electron chi connectivity index (χ3n) is 4.33. The molecular weight excluding hydrogens is 344 g/mol. The molecule has 2 unspecified atom stereocenters. The van der Waals surface area contributed by atoms with Gasteiger partial charge in [0.1, 0.15) is 0 Å². The molecule has 0 bridgehead atoms. The van der Waals surface area contributed by atoms with Crippen molar-refractivity contribution in [2.24, 2.45) is 11.8 Å². The summed E-state index contributed by atoms with van der Waals surface area (Å²) < 4.78 is 9.92. The van der Waals surface area contributed by atoms with Gasteiger partial charge in [-0.05, 0) is 52.6 Å². The lowest BCUT2D eigenvalue weighted by Gasteiger charge is -2.11. The van der Waals surface area contributed by atoms with Crippen LogP contribution in [0.1, 0.15) is 52.4 Å². The molecule has 2 fully saturated rings. The molecule has 2 rings (SSSR count). The Labute approximate surface area is 158 Å². The van der Waals surface area contributed by atoms with Crippen LogP contribution in [0.25, 0.3) is 0 Å². The normalized spacial score (nSPS) is 23.6. The van der Waals surface area contributed by atoms with Gasteiger partial charge in [-0.2, -0.15) is 0 Å². The zero-order chi connectivity index (χ0) is 17.6. The van der Waals surface area contributed by atoms with Crippen molar-refractivity contribution >= 4 is 24.3 Å². The summed E-state index contributed by atoms with van der Waals surface area (Å²) in [5, 5.41) is 6.47. The Hall–Kier alpha value is -0.850. The number of rotatable bonds is 4. The summed E-state index contributed by atoms with van der Waals surface area (Å²) in [5.74, 6) is 0.110. The summed E-state index contributed by atoms with van der Waals surface area (Å²) in [4.78, 5) is 22.6. The van der Waals surface area contributed by atoms with Gasteiger partial charge in [-0.1, -0.05) is 12.8 Å². The first kappa shape index (κ1) is 24.1. The molecule has 0 aromatic carbocycles. The summed E-state index contributed by atoms with van der Waals surface area (Å²) in [6.07, 6.45) is 6.58. The number of hydrogen-bond acceptors (Lipinski definition) is 6. The van der Waals surface area contributed by atoms with E-state index in [0.717, 1.165) is 51.9 Å². The van der Waals surface area contributed by atoms with Crippen molar-refractivity contribution in [1.29, 1.82) is 0 Å². The highest BCUT2D eigenvalue weighted by atomic mass is 35.5. The van der Waals surface area contributed by atoms with Crippen LogP contribution in [0.2, 0.25) is 0 Å². The summed E-state index contributed by atoms with van der Waals surface area (Å²) >= 11 is 0. The largest absolute Gasteiger partial charge is 0.466 e. The van der Waals surface area contributed by atoms with Gasteiger partial charge < -0.3 is 20.1 Å². The van der Waals surface area contributed by atoms with Crippen LogP contribution < -0.4 is 10.6 Å². The predicted molar refractivity (Wildman–Crippen MR) is 101 cm³/mol. The highest BCUT2D eigenvalue weighted by Gasteiger charge is 2.21. The second-order valence-electron chi connectivity index (χ2n) is 6.30. The van der Waals surface area contributed by atoms with E-state index in [1.807, 2.05) is 13.8 Å². The van der Waals surface area contributed by atoms with Crippen molar-refractivity contribution in [2.75, 3.05) is 39.4 Å². The summed E-state index contributed by atoms with van der Waals surface area (Å²) in [7, 11) is 0. The first-order chi connectivity index (χ1) is 11.7. The van der Waals surface area contributed by atoms with Gasteiger partial charge in [0.05, 0.1) is 25.0 Å². The Morgan fingerprint density at radius 1 is 0.800 bits per heavy atom. The summed E-state index contributed by atoms with van der Waals surface area (Å²) in [5.41, 5.74) is 0. The first-order valence-electron chi connectivity index (χ1n) is 9.43. The summed E-state index contributed by atoms with van der Waals surface area (Å²) in [6, 6.07) is 0. The molecule has 148 valence electrons. The van der Waals surface area contributed by atoms with Crippen LogP contribution in [-0.4, -0.2) is 51.3 Å². The number of ether oxygens (including phenoxy) is 2. The van der Waals surface area contributed by atoms with Crippen molar-refractivity contribution in [3.05, 3.63) is 0 Å². The van der Waals surface area contributed by atoms with Crippen molar-refractivity contribution in [3.8, 4) is 0 Å². The Morgan fingerprint density at radius 3 is 1.56 bits per heavy atom. The molecule has 6 nitrogen and oxygen atoms in total. The molecule has 2 aliphatic heterocycles. The fourth-order valence-electron chi connectivity index (χ4n) is 2.96. The van der Waals surface area contributed by atoms with Gasteiger partial charge in [0.15, 0.2) is 0 Å². The van der Waals surface area contributed by atoms with E-state index in [1.54, 1.807) is 0 Å². The maximum Gasteiger partial charge on any atom is 0.310 e. The van der Waals surface area contributed by atoms with E-state index in [2.05, 4.69) is 10.6 Å². The highest BCUT2D eigenvalue weighted by Crippen LogP contribution is 2.13. The zero-order valence-corrected chi connectivity index (χ0v) is 16.5. The van der Waals surface area contributed by atoms with E-state index in [1.165, 1.54) is 12.8 Å². The van der Waals surface area contributed by atoms with E-state index >= 15 is 0 Å². The lowest BCUT2D eigenvalue weighted by molar-refractivity contribution is -0.148. The van der Waals surface area contributed by atoms with Gasteiger partial charge >= 0.3 is 11.9 Å². The second-order valence-corrected chi connectivity index (χ2v) is 6.30. The maximum absolute atomic E-state index is 11.3. The van der Waals surface area contributed by atoms with Crippen molar-refractivity contribution in [3.63, 3.8) is 0 Å². The van der Waals surface area contributed by atoms with Gasteiger partial charge in [0, 0.05) is 13.1 Å². The Kier molecular flexibility index (Phi) is 14.9. The number of esters is 2. The predicted octanol–water partition coefficient (Wildman–Crippen LogP) is 2.30. The number of hydrogen-bond donors (Lipinski definition) is 2. The minimum atomic E-state index is -0.0353. The van der Waals surface area contributed by atoms with Gasteiger partial charge in [-0.15, -0.1) is 12.4 Å². The molecule has 2 N–H and O–H groups in total. The third-order valence-corrected chi connectivity index (χ3v) is 4.33. The van der Waals surface area contributed by atoms with Gasteiger partial charge in [0.25, 0.3) is 0 Å². The molecule has 0 radical (unpaired) electrons. The number of nitrogens with one attached hydrogen (secondary N) is 2. The molecule has 0 aromatic heterocycles. The third kappa shape index (κ3) is 10.7. The zero-order valence-electron chi connectivity index (χ0n) is 15.7. The molecule has 0 saturated carbocycles. The molecule has 2 saturated heterocycles. The van der Waals surface area contributed by atoms with Crippen LogP contribution in [0.4, 0.5) is 0 Å². The monoisotopic (exact) mass is 378 g/mol. The number of halogens is 1. The SMILES string of the molecule is CCOC(=O)C1CCCCNC1.CCOC(=O)C1CCCCNC1.Cl. The quantitative estimate of drug-likeness (QED) is 0.731. The minimum absolute atomic E-state index is 0. The van der Waals surface area contributed by atoms with E-state index in [0.29, 0.717) is 13.2 Å². The average Bonchev–Trinajstić information content (AvgIpc) is 3.01. The smallest absolute Gasteiger partial charge is 0.310 e. The lowest BCUT2D eigenvalue weighted by Crippen LogP contribution is -2.28. The van der Waals surface area contributed by atoms with E-state index < -0.39 is 0 Å². The van der Waals surface area contributed by atoms with Crippen LogP contribution in [0.15, 0.2) is 0 Å². The standard InChI is InChI=1S/2C9H17NO2.ClH/c2*1-2-12-9(11)8-5-3-4-6-10-7-8;/h2*8,10H,2-7H2,1H3;1H. The Balaban J connectivity index is 0.000000443. The van der Waals surface area contributed by atoms with Crippen molar-refractivity contribution < 1.29 is 19.1 Å². The van der Waals surface area contributed by atoms with E-state index in [9.17, 15) is 9.59 Å². The molecule has 7 heteroatoms. The molecule has 0 spiro atoms. The summed E-state index contributed by atoms with van der Waals surface area (Å²) in [6.45, 7) is 8.35. The van der Waals surface area contributed by atoms with Crippen LogP contribution in [0.3, 0.4) is 0 Å². The lowest BCUT2D eigenvalue weighted by atomic mass is 10.0. The Morgan fingerprint density at radius 2 is 1.20 bits per heavy atom. The topological polar surface area (TPSA) is 76.7 Å². The van der Waals surface area contributed by atoms with Gasteiger partial charge in [-0.25, -0.2) is 0 Å². The van der Waals surface area contributed by atoms with Crippen LogP contribution >= 0.6 is 12.4 Å². The average molecular weight is 379 g/mol. The number of carbonyl (C=O) groups is 2. The second kappa shape index (κ2) is 15.4. The highest BCUT2D eigenvalue weighted by molar-refractivity contribution is 5.85. The van der Waals surface area contributed by atoms with Gasteiger partial charge in [-0.3, -0.25) is 9.59 Å². The molecule has 0 aromatic rings. The molecule has 2 atom stereocenters. The molecule has 0 amide bonds. The molecular formula is C18H35ClN2O4. The van der Waals surface area contributed by atoms with Crippen molar-refractivity contribution in [1.82, 2.24) is 10.6 Å². The molecule has 25 heavy (non-hydrogen) atoms. The minimum Gasteiger partial charge on any atom is -0.466 e. The fourth-order valence-corrected chi connectivity index (χ4v) is 2.96. The maximum atomic E-state index is 11.3. The van der Waals surface area contributed by atoms with Gasteiger partial charge in [0.2, 0.25) is 0 Å². The van der Waals surface area contributed by atoms with Crippen LogP contribution in [0, 0.1) is 11.8 Å².